The van der Waals surface area contributed by atoms with Crippen molar-refractivity contribution in [3.05, 3.63) is 48.3 Å². The van der Waals surface area contributed by atoms with E-state index >= 15 is 0 Å². The molecular weight excluding hydrogens is 615 g/mol. The molecule has 226 valence electrons. The molecule has 2 aromatic rings. The van der Waals surface area contributed by atoms with Crippen molar-refractivity contribution in [1.82, 2.24) is 5.32 Å². The number of hydrogen-bond acceptors (Lipinski definition) is 4. The van der Waals surface area contributed by atoms with E-state index in [1.54, 1.807) is 13.2 Å². The molecule has 0 fully saturated rings. The van der Waals surface area contributed by atoms with Crippen LogP contribution in [0, 0.1) is 0 Å². The summed E-state index contributed by atoms with van der Waals surface area (Å²) in [7, 11) is 1.62. The molecule has 1 aromatic carbocycles. The lowest BCUT2D eigenvalue weighted by Gasteiger charge is -2.13. The number of aromatic nitrogens is 1. The molecule has 0 unspecified atom stereocenters. The molecule has 0 bridgehead atoms. The number of unbranched alkanes of at least 4 members (excludes halogenated alkanes) is 11. The molecule has 0 atom stereocenters. The Kier molecular flexibility index (Phi) is 21.3. The molecule has 1 aromatic heterocycles. The lowest BCUT2D eigenvalue weighted by Crippen LogP contribution is -3.00. The highest BCUT2D eigenvalue weighted by Gasteiger charge is 2.09. The van der Waals surface area contributed by atoms with Crippen molar-refractivity contribution in [2.24, 2.45) is 0 Å². The summed E-state index contributed by atoms with van der Waals surface area (Å²) in [5, 5.41) is 2.92. The van der Waals surface area contributed by atoms with Crippen LogP contribution in [0.25, 0.3) is 0 Å². The van der Waals surface area contributed by atoms with Crippen LogP contribution in [0.2, 0.25) is 0 Å². The van der Waals surface area contributed by atoms with Crippen molar-refractivity contribution in [1.29, 1.82) is 0 Å². The Morgan fingerprint density at radius 1 is 0.775 bits per heavy atom. The topological polar surface area (TPSA) is 60.7 Å². The third-order valence-electron chi connectivity index (χ3n) is 6.94. The molecule has 1 amide bonds. The van der Waals surface area contributed by atoms with Crippen LogP contribution in [0.4, 0.5) is 0 Å². The molecule has 0 saturated heterocycles. The number of pyridine rings is 1. The van der Waals surface area contributed by atoms with Gasteiger partial charge >= 0.3 is 0 Å². The first-order valence-electron chi connectivity index (χ1n) is 15.3. The zero-order valence-electron chi connectivity index (χ0n) is 25.2. The Labute approximate surface area is 260 Å². The van der Waals surface area contributed by atoms with E-state index in [9.17, 15) is 4.79 Å². The summed E-state index contributed by atoms with van der Waals surface area (Å²) in [4.78, 5) is 12.2. The highest BCUT2D eigenvalue weighted by Crippen LogP contribution is 2.31. The van der Waals surface area contributed by atoms with Crippen LogP contribution in [-0.4, -0.2) is 32.8 Å². The largest absolute Gasteiger partial charge is 1.00 e. The van der Waals surface area contributed by atoms with Gasteiger partial charge in [0, 0.05) is 31.2 Å². The van der Waals surface area contributed by atoms with Gasteiger partial charge in [0.2, 0.25) is 0 Å². The predicted octanol–water partition coefficient (Wildman–Crippen LogP) is 4.21. The van der Waals surface area contributed by atoms with Crippen LogP contribution in [0.1, 0.15) is 103 Å². The van der Waals surface area contributed by atoms with Gasteiger partial charge in [-0.05, 0) is 30.5 Å². The van der Waals surface area contributed by atoms with Crippen LogP contribution in [0.5, 0.6) is 17.2 Å². The maximum Gasteiger partial charge on any atom is 0.257 e. The molecule has 6 nitrogen and oxygen atoms in total. The minimum Gasteiger partial charge on any atom is -1.00 e. The number of rotatable bonds is 23. The van der Waals surface area contributed by atoms with Crippen LogP contribution in [0.15, 0.2) is 42.7 Å². The Morgan fingerprint density at radius 3 is 2.00 bits per heavy atom. The quantitative estimate of drug-likeness (QED) is 0.110. The van der Waals surface area contributed by atoms with Gasteiger partial charge in [-0.1, -0.05) is 84.5 Å². The minimum atomic E-state index is -0.141. The van der Waals surface area contributed by atoms with Crippen molar-refractivity contribution >= 4 is 5.91 Å². The summed E-state index contributed by atoms with van der Waals surface area (Å²) < 4.78 is 19.3. The van der Waals surface area contributed by atoms with Crippen molar-refractivity contribution in [3.8, 4) is 17.2 Å². The monoisotopic (exact) mass is 668 g/mol. The molecule has 0 radical (unpaired) electrons. The fourth-order valence-electron chi connectivity index (χ4n) is 4.59. The van der Waals surface area contributed by atoms with E-state index in [0.29, 0.717) is 30.4 Å². The molecule has 2 rings (SSSR count). The smallest absolute Gasteiger partial charge is 0.257 e. The highest BCUT2D eigenvalue weighted by atomic mass is 127. The Hall–Kier alpha value is -2.03. The predicted molar refractivity (Wildman–Crippen MR) is 159 cm³/mol. The first-order valence-corrected chi connectivity index (χ1v) is 15.3. The zero-order valence-corrected chi connectivity index (χ0v) is 27.4. The SMILES string of the molecule is CCCCCCCCCCCCCCOc1ccc(OCC(=O)NCCc2cc[n+](CCC)cc2)cc1OC.[I-]. The number of nitrogens with zero attached hydrogens (tertiary/aromatic N) is 1. The lowest BCUT2D eigenvalue weighted by molar-refractivity contribution is -0.697. The van der Waals surface area contributed by atoms with Gasteiger partial charge in [0.05, 0.1) is 13.7 Å². The summed E-state index contributed by atoms with van der Waals surface area (Å²) in [6.07, 6.45) is 22.0. The van der Waals surface area contributed by atoms with Gasteiger partial charge < -0.3 is 43.5 Å². The number of ether oxygens (including phenoxy) is 3. The minimum absolute atomic E-state index is 0. The molecule has 7 heteroatoms. The second-order valence-electron chi connectivity index (χ2n) is 10.4. The van der Waals surface area contributed by atoms with Crippen molar-refractivity contribution in [3.63, 3.8) is 0 Å². The number of nitrogens with one attached hydrogen (secondary N) is 1. The van der Waals surface area contributed by atoms with Crippen LogP contribution in [-0.2, 0) is 17.8 Å². The number of halogens is 1. The van der Waals surface area contributed by atoms with Gasteiger partial charge in [-0.25, -0.2) is 4.57 Å². The summed E-state index contributed by atoms with van der Waals surface area (Å²) in [6.45, 7) is 6.68. The number of hydrogen-bond donors (Lipinski definition) is 1. The third kappa shape index (κ3) is 16.3. The van der Waals surface area contributed by atoms with E-state index in [1.807, 2.05) is 12.1 Å². The first-order chi connectivity index (χ1) is 19.2. The Bertz CT molecular complexity index is 908. The van der Waals surface area contributed by atoms with E-state index in [2.05, 4.69) is 48.3 Å². The Morgan fingerprint density at radius 2 is 1.40 bits per heavy atom. The van der Waals surface area contributed by atoms with E-state index in [4.69, 9.17) is 14.2 Å². The number of carbonyl (C=O) groups is 1. The average molecular weight is 669 g/mol. The molecule has 0 aliphatic carbocycles. The van der Waals surface area contributed by atoms with Gasteiger partial charge in [-0.2, -0.15) is 0 Å². The van der Waals surface area contributed by atoms with Gasteiger partial charge in [-0.15, -0.1) is 0 Å². The summed E-state index contributed by atoms with van der Waals surface area (Å²) in [5.74, 6) is 1.78. The Balaban J connectivity index is 0.00000800. The van der Waals surface area contributed by atoms with Crippen molar-refractivity contribution < 1.29 is 47.5 Å². The number of amides is 1. The maximum atomic E-state index is 12.2. The van der Waals surface area contributed by atoms with Gasteiger partial charge in [0.1, 0.15) is 12.3 Å². The molecule has 0 aliphatic heterocycles. The van der Waals surface area contributed by atoms with Crippen molar-refractivity contribution in [2.75, 3.05) is 26.9 Å². The average Bonchev–Trinajstić information content (AvgIpc) is 2.95. The molecule has 1 heterocycles. The zero-order chi connectivity index (χ0) is 28.0. The summed E-state index contributed by atoms with van der Waals surface area (Å²) >= 11 is 0. The highest BCUT2D eigenvalue weighted by molar-refractivity contribution is 5.77. The lowest BCUT2D eigenvalue weighted by atomic mass is 10.1. The third-order valence-corrected chi connectivity index (χ3v) is 6.94. The number of benzene rings is 1. The standard InChI is InChI=1S/C33H52N2O4.HI/c1-4-6-7-8-9-10-11-12-13-14-15-16-26-38-31-18-17-30(27-32(31)37-3)39-28-33(36)34-22-19-29-20-24-35(23-5-2)25-21-29;/h17-18,20-21,24-25,27H,4-16,19,22-23,26,28H2,1-3H3;1H. The van der Waals surface area contributed by atoms with Crippen molar-refractivity contribution in [2.45, 2.75) is 110 Å². The van der Waals surface area contributed by atoms with Gasteiger partial charge in [0.25, 0.3) is 5.91 Å². The fourth-order valence-corrected chi connectivity index (χ4v) is 4.59. The number of methoxy groups -OCH3 is 1. The second-order valence-corrected chi connectivity index (χ2v) is 10.4. The summed E-state index contributed by atoms with van der Waals surface area (Å²) in [5.41, 5.74) is 1.20. The number of aryl methyl sites for hydroxylation is 1. The van der Waals surface area contributed by atoms with Gasteiger partial charge in [-0.3, -0.25) is 4.79 Å². The van der Waals surface area contributed by atoms with E-state index < -0.39 is 0 Å². The molecule has 0 aliphatic rings. The maximum absolute atomic E-state index is 12.2. The molecular formula is C33H53IN2O4. The molecule has 1 N–H and O–H groups in total. The number of carbonyl (C=O) groups excluding carboxylic acids is 1. The first kappa shape index (κ1) is 36.0. The second kappa shape index (κ2) is 23.7. The van der Waals surface area contributed by atoms with E-state index in [-0.39, 0.29) is 36.5 Å². The molecule has 0 saturated carbocycles. The van der Waals surface area contributed by atoms with E-state index in [1.165, 1.54) is 76.2 Å². The molecule has 40 heavy (non-hydrogen) atoms. The van der Waals surface area contributed by atoms with Gasteiger partial charge in [0.15, 0.2) is 30.5 Å². The van der Waals surface area contributed by atoms with Crippen LogP contribution < -0.4 is 48.1 Å². The van der Waals surface area contributed by atoms with Crippen LogP contribution in [0.3, 0.4) is 0 Å². The van der Waals surface area contributed by atoms with Crippen LogP contribution >= 0.6 is 0 Å². The summed E-state index contributed by atoms with van der Waals surface area (Å²) in [6, 6.07) is 9.66. The molecule has 0 spiro atoms. The fraction of sp³-hybridized carbons (Fsp3) is 0.636. The normalized spacial score (nSPS) is 10.6. The van der Waals surface area contributed by atoms with E-state index in [0.717, 1.165) is 25.8 Å².